The van der Waals surface area contributed by atoms with Gasteiger partial charge in [0.05, 0.1) is 12.5 Å². The number of aromatic nitrogens is 1. The van der Waals surface area contributed by atoms with Gasteiger partial charge in [0.25, 0.3) is 0 Å². The highest BCUT2D eigenvalue weighted by molar-refractivity contribution is 5.79. The quantitative estimate of drug-likeness (QED) is 0.547. The lowest BCUT2D eigenvalue weighted by atomic mass is 9.88. The van der Waals surface area contributed by atoms with Crippen LogP contribution in [0.25, 0.3) is 0 Å². The monoisotopic (exact) mass is 455 g/mol. The van der Waals surface area contributed by atoms with E-state index >= 15 is 0 Å². The zero-order chi connectivity index (χ0) is 23.2. The number of hydrogen-bond donors (Lipinski definition) is 1. The number of hydrogen-bond acceptors (Lipinski definition) is 4. The Labute approximate surface area is 202 Å². The van der Waals surface area contributed by atoms with Gasteiger partial charge in [-0.3, -0.25) is 14.7 Å². The lowest BCUT2D eigenvalue weighted by Gasteiger charge is -2.37. The highest BCUT2D eigenvalue weighted by Crippen LogP contribution is 2.28. The molecule has 1 saturated heterocycles. The minimum atomic E-state index is -0.0530. The Kier molecular flexibility index (Phi) is 7.20. The Hall–Kier alpha value is -3.18. The lowest BCUT2D eigenvalue weighted by Crippen LogP contribution is -2.47. The molecule has 1 aliphatic heterocycles. The molecular weight excluding hydrogens is 422 g/mol. The van der Waals surface area contributed by atoms with Crippen molar-refractivity contribution in [1.82, 2.24) is 15.2 Å². The number of likely N-dealkylation sites (tertiary alicyclic amines) is 1. The van der Waals surface area contributed by atoms with Gasteiger partial charge in [-0.05, 0) is 66.1 Å². The number of ether oxygens (including phenoxy) is 1. The van der Waals surface area contributed by atoms with E-state index in [1.165, 1.54) is 29.5 Å². The number of aryl methyl sites for hydroxylation is 2. The highest BCUT2D eigenvalue weighted by Gasteiger charge is 2.32. The van der Waals surface area contributed by atoms with E-state index in [-0.39, 0.29) is 11.8 Å². The van der Waals surface area contributed by atoms with Gasteiger partial charge < -0.3 is 10.1 Å². The van der Waals surface area contributed by atoms with E-state index in [4.69, 9.17) is 4.74 Å². The molecule has 1 N–H and O–H groups in total. The molecule has 2 aromatic carbocycles. The van der Waals surface area contributed by atoms with E-state index in [1.54, 1.807) is 12.4 Å². The first kappa shape index (κ1) is 22.6. The fraction of sp³-hybridized carbons (Fsp3) is 0.379. The lowest BCUT2D eigenvalue weighted by molar-refractivity contribution is -0.128. The fourth-order valence-electron chi connectivity index (χ4n) is 5.27. The van der Waals surface area contributed by atoms with E-state index in [0.29, 0.717) is 19.1 Å². The molecule has 1 aromatic heterocycles. The van der Waals surface area contributed by atoms with Crippen molar-refractivity contribution in [2.45, 2.75) is 38.8 Å². The van der Waals surface area contributed by atoms with Crippen molar-refractivity contribution in [3.05, 3.63) is 95.3 Å². The van der Waals surface area contributed by atoms with Crippen LogP contribution in [0.5, 0.6) is 5.75 Å². The van der Waals surface area contributed by atoms with Crippen molar-refractivity contribution in [2.24, 2.45) is 11.8 Å². The topological polar surface area (TPSA) is 54.5 Å². The summed E-state index contributed by atoms with van der Waals surface area (Å²) in [5.74, 6) is 1.32. The second kappa shape index (κ2) is 10.8. The second-order valence-electron chi connectivity index (χ2n) is 9.65. The molecular formula is C29H33N3O2. The van der Waals surface area contributed by atoms with Crippen molar-refractivity contribution in [2.75, 3.05) is 19.7 Å². The van der Waals surface area contributed by atoms with E-state index in [0.717, 1.165) is 43.8 Å². The van der Waals surface area contributed by atoms with Gasteiger partial charge in [0.1, 0.15) is 5.75 Å². The van der Waals surface area contributed by atoms with Crippen LogP contribution in [0, 0.1) is 11.8 Å². The number of amides is 1. The third-order valence-corrected chi connectivity index (χ3v) is 6.98. The third kappa shape index (κ3) is 5.84. The molecule has 1 aliphatic carbocycles. The van der Waals surface area contributed by atoms with Crippen LogP contribution in [0.2, 0.25) is 0 Å². The minimum Gasteiger partial charge on any atom is -0.493 e. The summed E-state index contributed by atoms with van der Waals surface area (Å²) in [6, 6.07) is 20.9. The van der Waals surface area contributed by atoms with Crippen LogP contribution in [0.3, 0.4) is 0 Å². The molecule has 1 fully saturated rings. The summed E-state index contributed by atoms with van der Waals surface area (Å²) in [6.45, 7) is 3.70. The maximum Gasteiger partial charge on any atom is 0.224 e. The summed E-state index contributed by atoms with van der Waals surface area (Å²) in [5.41, 5.74) is 5.19. The molecule has 3 aromatic rings. The predicted octanol–water partition coefficient (Wildman–Crippen LogP) is 4.40. The summed E-state index contributed by atoms with van der Waals surface area (Å²) in [5, 5.41) is 3.13. The minimum absolute atomic E-state index is 0.0530. The molecule has 176 valence electrons. The Balaban J connectivity index is 1.23. The number of carbonyl (C=O) groups is 1. The Morgan fingerprint density at radius 2 is 1.85 bits per heavy atom. The number of nitrogens with one attached hydrogen (secondary N) is 1. The van der Waals surface area contributed by atoms with Crippen LogP contribution in [0.4, 0.5) is 0 Å². The van der Waals surface area contributed by atoms with E-state index in [1.807, 2.05) is 18.2 Å². The molecule has 0 bridgehead atoms. The maximum absolute atomic E-state index is 13.1. The van der Waals surface area contributed by atoms with Crippen LogP contribution in [-0.2, 0) is 30.7 Å². The van der Waals surface area contributed by atoms with Crippen LogP contribution in [-0.4, -0.2) is 35.5 Å². The SMILES string of the molecule is O=C(NCc1cccnc1)[C@@H]1C[C@H](COc2ccc3c(c2)CCC3)CN(Cc2ccccc2)C1. The van der Waals surface area contributed by atoms with Crippen molar-refractivity contribution >= 4 is 5.91 Å². The number of piperidine rings is 1. The summed E-state index contributed by atoms with van der Waals surface area (Å²) >= 11 is 0. The van der Waals surface area contributed by atoms with Gasteiger partial charge in [-0.25, -0.2) is 0 Å². The van der Waals surface area contributed by atoms with Crippen molar-refractivity contribution < 1.29 is 9.53 Å². The van der Waals surface area contributed by atoms with Gasteiger partial charge in [0.15, 0.2) is 0 Å². The average molecular weight is 456 g/mol. The summed E-state index contributed by atoms with van der Waals surface area (Å²) < 4.78 is 6.26. The smallest absolute Gasteiger partial charge is 0.224 e. The van der Waals surface area contributed by atoms with Gasteiger partial charge >= 0.3 is 0 Å². The van der Waals surface area contributed by atoms with Crippen molar-refractivity contribution in [1.29, 1.82) is 0 Å². The molecule has 5 nitrogen and oxygen atoms in total. The molecule has 1 amide bonds. The normalized spacial score (nSPS) is 20.0. The molecule has 34 heavy (non-hydrogen) atoms. The second-order valence-corrected chi connectivity index (χ2v) is 9.65. The standard InChI is InChI=1S/C29H33N3O2/c33-29(31-17-23-8-5-13-30-16-23)27-14-24(19-32(20-27)18-22-6-2-1-3-7-22)21-34-28-12-11-25-9-4-10-26(25)15-28/h1-3,5-8,11-13,15-16,24,27H,4,9-10,14,17-21H2,(H,31,33)/t24-,27+/m0/s1. The number of nitrogens with zero attached hydrogens (tertiary/aromatic N) is 2. The summed E-state index contributed by atoms with van der Waals surface area (Å²) in [7, 11) is 0. The van der Waals surface area contributed by atoms with E-state index in [2.05, 4.69) is 57.7 Å². The van der Waals surface area contributed by atoms with Crippen molar-refractivity contribution in [3.8, 4) is 5.75 Å². The fourth-order valence-corrected chi connectivity index (χ4v) is 5.27. The average Bonchev–Trinajstić information content (AvgIpc) is 3.35. The summed E-state index contributed by atoms with van der Waals surface area (Å²) in [4.78, 5) is 19.7. The molecule has 2 atom stereocenters. The number of pyridine rings is 1. The number of benzene rings is 2. The zero-order valence-electron chi connectivity index (χ0n) is 19.7. The number of carbonyl (C=O) groups excluding carboxylic acids is 1. The molecule has 0 spiro atoms. The molecule has 5 rings (SSSR count). The van der Waals surface area contributed by atoms with Gasteiger partial charge in [-0.1, -0.05) is 42.5 Å². The first-order valence-electron chi connectivity index (χ1n) is 12.4. The number of rotatable bonds is 8. The van der Waals surface area contributed by atoms with Crippen LogP contribution >= 0.6 is 0 Å². The van der Waals surface area contributed by atoms with Crippen molar-refractivity contribution in [3.63, 3.8) is 0 Å². The maximum atomic E-state index is 13.1. The summed E-state index contributed by atoms with van der Waals surface area (Å²) in [6.07, 6.45) is 7.97. The number of fused-ring (bicyclic) bond motifs is 1. The molecule has 2 aliphatic rings. The Morgan fingerprint density at radius 3 is 2.71 bits per heavy atom. The molecule has 2 heterocycles. The first-order chi connectivity index (χ1) is 16.7. The van der Waals surface area contributed by atoms with Gasteiger partial charge in [0, 0.05) is 44.5 Å². The van der Waals surface area contributed by atoms with E-state index < -0.39 is 0 Å². The van der Waals surface area contributed by atoms with E-state index in [9.17, 15) is 4.79 Å². The highest BCUT2D eigenvalue weighted by atomic mass is 16.5. The zero-order valence-corrected chi connectivity index (χ0v) is 19.7. The first-order valence-corrected chi connectivity index (χ1v) is 12.4. The predicted molar refractivity (Wildman–Crippen MR) is 133 cm³/mol. The van der Waals surface area contributed by atoms with Crippen LogP contribution in [0.15, 0.2) is 73.1 Å². The van der Waals surface area contributed by atoms with Gasteiger partial charge in [-0.15, -0.1) is 0 Å². The van der Waals surface area contributed by atoms with Gasteiger partial charge in [-0.2, -0.15) is 0 Å². The Morgan fingerprint density at radius 1 is 1.00 bits per heavy atom. The van der Waals surface area contributed by atoms with Crippen LogP contribution < -0.4 is 10.1 Å². The molecule has 0 saturated carbocycles. The molecule has 5 heteroatoms. The largest absolute Gasteiger partial charge is 0.493 e. The molecule has 0 unspecified atom stereocenters. The van der Waals surface area contributed by atoms with Crippen LogP contribution in [0.1, 0.15) is 35.1 Å². The third-order valence-electron chi connectivity index (χ3n) is 6.98. The Bertz CT molecular complexity index is 1090. The van der Waals surface area contributed by atoms with Gasteiger partial charge in [0.2, 0.25) is 5.91 Å². The molecule has 0 radical (unpaired) electrons.